The van der Waals surface area contributed by atoms with Gasteiger partial charge in [0, 0.05) is 11.8 Å². The quantitative estimate of drug-likeness (QED) is 0.451. The number of anilines is 1. The SMILES string of the molecule is Cc1ccccc1Cn1nc(NC(=O)c2noc(C)c2COc2ccccc2F)cc1C. The van der Waals surface area contributed by atoms with Gasteiger partial charge in [-0.25, -0.2) is 4.39 Å². The molecule has 0 saturated heterocycles. The Balaban J connectivity index is 1.48. The number of aryl methyl sites for hydroxylation is 3. The molecule has 164 valence electrons. The largest absolute Gasteiger partial charge is 0.486 e. The third-order valence-electron chi connectivity index (χ3n) is 5.21. The van der Waals surface area contributed by atoms with Crippen molar-refractivity contribution in [1.29, 1.82) is 0 Å². The molecule has 0 bridgehead atoms. The zero-order valence-electron chi connectivity index (χ0n) is 18.1. The van der Waals surface area contributed by atoms with Crippen LogP contribution in [0, 0.1) is 26.6 Å². The number of nitrogens with zero attached hydrogens (tertiary/aromatic N) is 3. The molecule has 7 nitrogen and oxygen atoms in total. The molecule has 2 heterocycles. The number of halogens is 1. The molecule has 0 unspecified atom stereocenters. The van der Waals surface area contributed by atoms with Crippen molar-refractivity contribution < 1.29 is 18.4 Å². The summed E-state index contributed by atoms with van der Waals surface area (Å²) in [4.78, 5) is 12.8. The summed E-state index contributed by atoms with van der Waals surface area (Å²) in [5.41, 5.74) is 3.75. The van der Waals surface area contributed by atoms with E-state index in [4.69, 9.17) is 9.26 Å². The first-order valence-corrected chi connectivity index (χ1v) is 10.1. The molecule has 0 spiro atoms. The molecule has 32 heavy (non-hydrogen) atoms. The van der Waals surface area contributed by atoms with Gasteiger partial charge in [-0.3, -0.25) is 9.48 Å². The van der Waals surface area contributed by atoms with Crippen LogP contribution in [0.5, 0.6) is 5.75 Å². The van der Waals surface area contributed by atoms with Crippen molar-refractivity contribution in [3.8, 4) is 5.75 Å². The zero-order chi connectivity index (χ0) is 22.7. The molecule has 0 fully saturated rings. The van der Waals surface area contributed by atoms with Crippen LogP contribution in [0.2, 0.25) is 0 Å². The first-order chi connectivity index (χ1) is 15.4. The van der Waals surface area contributed by atoms with E-state index in [0.29, 0.717) is 23.7 Å². The van der Waals surface area contributed by atoms with E-state index in [1.165, 1.54) is 17.7 Å². The van der Waals surface area contributed by atoms with E-state index in [1.807, 2.05) is 23.7 Å². The van der Waals surface area contributed by atoms with Crippen molar-refractivity contribution in [3.05, 3.63) is 94.3 Å². The van der Waals surface area contributed by atoms with Crippen LogP contribution in [-0.4, -0.2) is 20.8 Å². The van der Waals surface area contributed by atoms with Crippen molar-refractivity contribution in [2.75, 3.05) is 5.32 Å². The number of ether oxygens (including phenoxy) is 1. The van der Waals surface area contributed by atoms with Gasteiger partial charge in [-0.2, -0.15) is 5.10 Å². The third kappa shape index (κ3) is 4.54. The molecule has 4 rings (SSSR count). The highest BCUT2D eigenvalue weighted by molar-refractivity contribution is 6.03. The van der Waals surface area contributed by atoms with Gasteiger partial charge in [0.1, 0.15) is 12.4 Å². The standard InChI is InChI=1S/C24H23FN4O3/c1-15-8-4-5-9-18(15)13-29-16(2)12-22(27-29)26-24(30)23-19(17(3)32-28-23)14-31-21-11-7-6-10-20(21)25/h4-12H,13-14H2,1-3H3,(H,26,27,30). The maximum Gasteiger partial charge on any atom is 0.279 e. The first-order valence-electron chi connectivity index (χ1n) is 10.1. The highest BCUT2D eigenvalue weighted by Crippen LogP contribution is 2.21. The van der Waals surface area contributed by atoms with E-state index in [2.05, 4.69) is 34.6 Å². The van der Waals surface area contributed by atoms with Crippen molar-refractivity contribution in [3.63, 3.8) is 0 Å². The first kappa shape index (κ1) is 21.3. The molecule has 1 amide bonds. The Hall–Kier alpha value is -3.94. The van der Waals surface area contributed by atoms with Crippen molar-refractivity contribution in [2.45, 2.75) is 33.9 Å². The zero-order valence-corrected chi connectivity index (χ0v) is 18.1. The predicted molar refractivity (Wildman–Crippen MR) is 117 cm³/mol. The van der Waals surface area contributed by atoms with Gasteiger partial charge in [-0.15, -0.1) is 0 Å². The summed E-state index contributed by atoms with van der Waals surface area (Å²) in [7, 11) is 0. The van der Waals surface area contributed by atoms with E-state index in [0.717, 1.165) is 11.3 Å². The van der Waals surface area contributed by atoms with E-state index in [9.17, 15) is 9.18 Å². The van der Waals surface area contributed by atoms with Crippen LogP contribution in [-0.2, 0) is 13.2 Å². The van der Waals surface area contributed by atoms with Crippen LogP contribution in [0.1, 0.15) is 38.6 Å². The Morgan fingerprint density at radius 2 is 1.88 bits per heavy atom. The average molecular weight is 434 g/mol. The summed E-state index contributed by atoms with van der Waals surface area (Å²) in [6.07, 6.45) is 0. The summed E-state index contributed by atoms with van der Waals surface area (Å²) >= 11 is 0. The lowest BCUT2D eigenvalue weighted by molar-refractivity contribution is 0.101. The second kappa shape index (κ2) is 9.05. The Morgan fingerprint density at radius 1 is 1.12 bits per heavy atom. The monoisotopic (exact) mass is 434 g/mol. The number of nitrogens with one attached hydrogen (secondary N) is 1. The summed E-state index contributed by atoms with van der Waals surface area (Å²) in [6.45, 7) is 6.19. The van der Waals surface area contributed by atoms with Gasteiger partial charge in [-0.1, -0.05) is 41.6 Å². The lowest BCUT2D eigenvalue weighted by Gasteiger charge is -2.08. The maximum absolute atomic E-state index is 13.8. The van der Waals surface area contributed by atoms with Crippen LogP contribution in [0.25, 0.3) is 0 Å². The van der Waals surface area contributed by atoms with Crippen LogP contribution in [0.3, 0.4) is 0 Å². The molecule has 0 aliphatic carbocycles. The van der Waals surface area contributed by atoms with E-state index in [-0.39, 0.29) is 18.1 Å². The number of amides is 1. The van der Waals surface area contributed by atoms with Crippen LogP contribution in [0.4, 0.5) is 10.2 Å². The average Bonchev–Trinajstić information content (AvgIpc) is 3.31. The second-order valence-electron chi connectivity index (χ2n) is 7.49. The highest BCUT2D eigenvalue weighted by atomic mass is 19.1. The molecule has 2 aromatic carbocycles. The molecule has 4 aromatic rings. The lowest BCUT2D eigenvalue weighted by Crippen LogP contribution is -2.16. The van der Waals surface area contributed by atoms with E-state index >= 15 is 0 Å². The van der Waals surface area contributed by atoms with Gasteiger partial charge >= 0.3 is 0 Å². The molecule has 1 N–H and O–H groups in total. The van der Waals surface area contributed by atoms with Gasteiger partial charge < -0.3 is 14.6 Å². The molecular weight excluding hydrogens is 411 g/mol. The van der Waals surface area contributed by atoms with Gasteiger partial charge in [0.2, 0.25) is 0 Å². The van der Waals surface area contributed by atoms with E-state index in [1.54, 1.807) is 25.1 Å². The minimum absolute atomic E-state index is 0.0558. The van der Waals surface area contributed by atoms with E-state index < -0.39 is 11.7 Å². The molecule has 2 aromatic heterocycles. The van der Waals surface area contributed by atoms with Crippen molar-refractivity contribution in [2.24, 2.45) is 0 Å². The Morgan fingerprint density at radius 3 is 2.66 bits per heavy atom. The fourth-order valence-corrected chi connectivity index (χ4v) is 3.31. The number of aromatic nitrogens is 3. The number of hydrogen-bond donors (Lipinski definition) is 1. The lowest BCUT2D eigenvalue weighted by atomic mass is 10.1. The van der Waals surface area contributed by atoms with Gasteiger partial charge in [-0.05, 0) is 44.0 Å². The molecule has 0 aliphatic heterocycles. The summed E-state index contributed by atoms with van der Waals surface area (Å²) in [5, 5.41) is 11.1. The number of rotatable bonds is 7. The molecule has 0 radical (unpaired) electrons. The van der Waals surface area contributed by atoms with Gasteiger partial charge in [0.25, 0.3) is 5.91 Å². The van der Waals surface area contributed by atoms with Gasteiger partial charge in [0.05, 0.1) is 12.1 Å². The van der Waals surface area contributed by atoms with Crippen LogP contribution in [0.15, 0.2) is 59.1 Å². The number of carbonyl (C=O) groups is 1. The fraction of sp³-hybridized carbons (Fsp3) is 0.208. The smallest absolute Gasteiger partial charge is 0.279 e. The number of benzene rings is 2. The minimum atomic E-state index is -0.484. The van der Waals surface area contributed by atoms with Crippen LogP contribution >= 0.6 is 0 Å². The van der Waals surface area contributed by atoms with Gasteiger partial charge in [0.15, 0.2) is 23.1 Å². The van der Waals surface area contributed by atoms with Crippen molar-refractivity contribution in [1.82, 2.24) is 14.9 Å². The minimum Gasteiger partial charge on any atom is -0.486 e. The summed E-state index contributed by atoms with van der Waals surface area (Å²) < 4.78 is 26.4. The Labute approximate surface area is 184 Å². The highest BCUT2D eigenvalue weighted by Gasteiger charge is 2.22. The topological polar surface area (TPSA) is 82.2 Å². The molecule has 8 heteroatoms. The summed E-state index contributed by atoms with van der Waals surface area (Å²) in [5.74, 6) is -0.0442. The third-order valence-corrected chi connectivity index (χ3v) is 5.21. The molecule has 0 atom stereocenters. The fourth-order valence-electron chi connectivity index (χ4n) is 3.31. The number of carbonyl (C=O) groups excluding carboxylic acids is 1. The maximum atomic E-state index is 13.8. The molecule has 0 aliphatic rings. The second-order valence-corrected chi connectivity index (χ2v) is 7.49. The summed E-state index contributed by atoms with van der Waals surface area (Å²) in [6, 6.07) is 15.9. The Bertz CT molecular complexity index is 1260. The molecule has 0 saturated carbocycles. The predicted octanol–water partition coefficient (Wildman–Crippen LogP) is 4.82. The number of hydrogen-bond acceptors (Lipinski definition) is 5. The van der Waals surface area contributed by atoms with Crippen LogP contribution < -0.4 is 10.1 Å². The molecular formula is C24H23FN4O3. The number of para-hydroxylation sites is 1. The normalized spacial score (nSPS) is 10.9. The van der Waals surface area contributed by atoms with Crippen molar-refractivity contribution >= 4 is 11.7 Å². The Kier molecular flexibility index (Phi) is 6.02.